The summed E-state index contributed by atoms with van der Waals surface area (Å²) >= 11 is 0. The van der Waals surface area contributed by atoms with E-state index in [1.807, 2.05) is 25.1 Å². The van der Waals surface area contributed by atoms with Crippen molar-refractivity contribution in [1.29, 1.82) is 0 Å². The van der Waals surface area contributed by atoms with Crippen LogP contribution in [0.4, 0.5) is 4.39 Å². The molecule has 30 heavy (non-hydrogen) atoms. The molecular weight excluding hydrogens is 381 g/mol. The largest absolute Gasteiger partial charge is 0.481 e. The molecule has 0 bridgehead atoms. The fraction of sp³-hybridized carbons (Fsp3) is 0.333. The second-order valence-corrected chi connectivity index (χ2v) is 7.79. The number of carbonyl (C=O) groups excluding carboxylic acids is 1. The van der Waals surface area contributed by atoms with Crippen LogP contribution in [-0.4, -0.2) is 21.6 Å². The van der Waals surface area contributed by atoms with Gasteiger partial charge in [0, 0.05) is 25.0 Å². The second kappa shape index (κ2) is 9.11. The van der Waals surface area contributed by atoms with Crippen LogP contribution in [0.15, 0.2) is 54.9 Å². The van der Waals surface area contributed by atoms with Gasteiger partial charge in [-0.2, -0.15) is 0 Å². The number of aryl methyl sites for hydroxylation is 2. The molecule has 3 aromatic rings. The van der Waals surface area contributed by atoms with Gasteiger partial charge in [-0.25, -0.2) is 9.37 Å². The topological polar surface area (TPSA) is 56.1 Å². The number of benzene rings is 2. The molecule has 0 fully saturated rings. The van der Waals surface area contributed by atoms with Gasteiger partial charge in [-0.1, -0.05) is 38.1 Å². The van der Waals surface area contributed by atoms with Crippen LogP contribution in [0.1, 0.15) is 55.2 Å². The minimum Gasteiger partial charge on any atom is -0.481 e. The molecule has 1 amide bonds. The summed E-state index contributed by atoms with van der Waals surface area (Å²) in [5.41, 5.74) is 2.71. The Morgan fingerprint density at radius 3 is 2.47 bits per heavy atom. The Labute approximate surface area is 176 Å². The highest BCUT2D eigenvalue weighted by Gasteiger charge is 2.26. The maximum atomic E-state index is 14.5. The van der Waals surface area contributed by atoms with Crippen molar-refractivity contribution in [1.82, 2.24) is 14.9 Å². The Hall–Kier alpha value is -3.15. The van der Waals surface area contributed by atoms with Gasteiger partial charge in [-0.3, -0.25) is 4.79 Å². The highest BCUT2D eigenvalue weighted by Crippen LogP contribution is 2.25. The van der Waals surface area contributed by atoms with Gasteiger partial charge in [0.1, 0.15) is 23.4 Å². The average molecular weight is 410 g/mol. The highest BCUT2D eigenvalue weighted by molar-refractivity contribution is 5.81. The summed E-state index contributed by atoms with van der Waals surface area (Å²) in [5.74, 6) is 0.826. The maximum absolute atomic E-state index is 14.5. The van der Waals surface area contributed by atoms with Crippen LogP contribution in [0, 0.1) is 12.7 Å². The third-order valence-electron chi connectivity index (χ3n) is 5.16. The van der Waals surface area contributed by atoms with Crippen LogP contribution in [0.3, 0.4) is 0 Å². The number of imidazole rings is 1. The summed E-state index contributed by atoms with van der Waals surface area (Å²) in [7, 11) is 1.81. The van der Waals surface area contributed by atoms with Crippen molar-refractivity contribution in [2.45, 2.75) is 45.8 Å². The van der Waals surface area contributed by atoms with Crippen molar-refractivity contribution >= 4 is 5.91 Å². The monoisotopic (exact) mass is 409 g/mol. The molecule has 0 aliphatic rings. The number of nitrogens with zero attached hydrogens (tertiary/aromatic N) is 2. The third kappa shape index (κ3) is 4.70. The number of nitrogens with one attached hydrogen (secondary N) is 1. The first-order valence-electron chi connectivity index (χ1n) is 10.1. The molecule has 1 N–H and O–H groups in total. The molecule has 6 heteroatoms. The minimum atomic E-state index is -0.760. The van der Waals surface area contributed by atoms with Gasteiger partial charge in [0.25, 0.3) is 5.91 Å². The van der Waals surface area contributed by atoms with Gasteiger partial charge in [0.15, 0.2) is 6.10 Å². The summed E-state index contributed by atoms with van der Waals surface area (Å²) in [6, 6.07) is 11.5. The van der Waals surface area contributed by atoms with E-state index < -0.39 is 18.0 Å². The molecule has 158 valence electrons. The third-order valence-corrected chi connectivity index (χ3v) is 5.16. The zero-order chi connectivity index (χ0) is 21.8. The minimum absolute atomic E-state index is 0.350. The van der Waals surface area contributed by atoms with E-state index in [9.17, 15) is 9.18 Å². The normalized spacial score (nSPS) is 13.2. The van der Waals surface area contributed by atoms with Crippen LogP contribution in [0.25, 0.3) is 0 Å². The van der Waals surface area contributed by atoms with E-state index in [1.54, 1.807) is 49.1 Å². The van der Waals surface area contributed by atoms with Gasteiger partial charge in [0.05, 0.1) is 0 Å². The lowest BCUT2D eigenvalue weighted by Gasteiger charge is -2.22. The molecule has 2 atom stereocenters. The Kier molecular flexibility index (Phi) is 6.55. The molecule has 2 aromatic carbocycles. The van der Waals surface area contributed by atoms with Crippen molar-refractivity contribution in [3.63, 3.8) is 0 Å². The number of ether oxygens (including phenoxy) is 1. The van der Waals surface area contributed by atoms with E-state index in [4.69, 9.17) is 4.74 Å². The highest BCUT2D eigenvalue weighted by atomic mass is 19.1. The number of hydrogen-bond acceptors (Lipinski definition) is 3. The Balaban J connectivity index is 1.80. The van der Waals surface area contributed by atoms with Crippen molar-refractivity contribution in [2.75, 3.05) is 0 Å². The molecule has 1 heterocycles. The first kappa shape index (κ1) is 21.6. The summed E-state index contributed by atoms with van der Waals surface area (Å²) in [6.07, 6.45) is 2.62. The van der Waals surface area contributed by atoms with E-state index in [2.05, 4.69) is 24.1 Å². The maximum Gasteiger partial charge on any atom is 0.261 e. The van der Waals surface area contributed by atoms with E-state index in [0.29, 0.717) is 23.1 Å². The predicted molar refractivity (Wildman–Crippen MR) is 115 cm³/mol. The van der Waals surface area contributed by atoms with Gasteiger partial charge in [-0.15, -0.1) is 0 Å². The summed E-state index contributed by atoms with van der Waals surface area (Å²) in [6.45, 7) is 7.99. The van der Waals surface area contributed by atoms with Crippen LogP contribution in [0.2, 0.25) is 0 Å². The fourth-order valence-corrected chi connectivity index (χ4v) is 3.53. The second-order valence-electron chi connectivity index (χ2n) is 7.79. The van der Waals surface area contributed by atoms with Gasteiger partial charge < -0.3 is 14.6 Å². The van der Waals surface area contributed by atoms with Crippen molar-refractivity contribution < 1.29 is 13.9 Å². The summed E-state index contributed by atoms with van der Waals surface area (Å²) < 4.78 is 22.1. The Morgan fingerprint density at radius 2 is 1.87 bits per heavy atom. The van der Waals surface area contributed by atoms with Gasteiger partial charge >= 0.3 is 0 Å². The molecule has 5 nitrogen and oxygen atoms in total. The number of rotatable bonds is 7. The standard InChI is InChI=1S/C24H28FN3O2/c1-15(2)19-11-10-18(14-16(19)3)30-17(4)24(29)27-22(23-26-12-13-28(23)5)20-8-6-7-9-21(20)25/h6-15,17,22H,1-5H3,(H,27,29). The lowest BCUT2D eigenvalue weighted by atomic mass is 9.98. The van der Waals surface area contributed by atoms with Crippen molar-refractivity contribution in [3.8, 4) is 5.75 Å². The zero-order valence-corrected chi connectivity index (χ0v) is 18.0. The fourth-order valence-electron chi connectivity index (χ4n) is 3.53. The Morgan fingerprint density at radius 1 is 1.13 bits per heavy atom. The number of hydrogen-bond donors (Lipinski definition) is 1. The molecular formula is C24H28FN3O2. The van der Waals surface area contributed by atoms with Gasteiger partial charge in [-0.05, 0) is 49.1 Å². The molecule has 3 rings (SSSR count). The average Bonchev–Trinajstić information content (AvgIpc) is 3.12. The van der Waals surface area contributed by atoms with Crippen LogP contribution in [0.5, 0.6) is 5.75 Å². The molecule has 0 saturated carbocycles. The number of amides is 1. The lowest BCUT2D eigenvalue weighted by Crippen LogP contribution is -2.40. The van der Waals surface area contributed by atoms with E-state index >= 15 is 0 Å². The van der Waals surface area contributed by atoms with Gasteiger partial charge in [0.2, 0.25) is 0 Å². The van der Waals surface area contributed by atoms with Crippen LogP contribution >= 0.6 is 0 Å². The number of halogens is 1. The molecule has 2 unspecified atom stereocenters. The lowest BCUT2D eigenvalue weighted by molar-refractivity contribution is -0.127. The first-order chi connectivity index (χ1) is 14.3. The van der Waals surface area contributed by atoms with Crippen molar-refractivity contribution in [3.05, 3.63) is 83.2 Å². The van der Waals surface area contributed by atoms with Crippen LogP contribution in [-0.2, 0) is 11.8 Å². The molecule has 0 aliphatic carbocycles. The SMILES string of the molecule is Cc1cc(OC(C)C(=O)NC(c2ccccc2F)c2nccn2C)ccc1C(C)C. The van der Waals surface area contributed by atoms with E-state index in [1.165, 1.54) is 11.6 Å². The quantitative estimate of drug-likeness (QED) is 0.617. The van der Waals surface area contributed by atoms with Crippen molar-refractivity contribution in [2.24, 2.45) is 7.05 Å². The molecule has 0 radical (unpaired) electrons. The Bertz CT molecular complexity index is 1030. The predicted octanol–water partition coefficient (Wildman–Crippen LogP) is 4.66. The van der Waals surface area contributed by atoms with Crippen LogP contribution < -0.4 is 10.1 Å². The zero-order valence-electron chi connectivity index (χ0n) is 18.0. The first-order valence-corrected chi connectivity index (χ1v) is 10.1. The number of carbonyl (C=O) groups is 1. The summed E-state index contributed by atoms with van der Waals surface area (Å²) in [4.78, 5) is 17.2. The molecule has 1 aromatic heterocycles. The summed E-state index contributed by atoms with van der Waals surface area (Å²) in [5, 5.41) is 2.89. The van der Waals surface area contributed by atoms with E-state index in [0.717, 1.165) is 5.56 Å². The molecule has 0 spiro atoms. The molecule has 0 aliphatic heterocycles. The number of aromatic nitrogens is 2. The van der Waals surface area contributed by atoms with E-state index in [-0.39, 0.29) is 5.91 Å². The smallest absolute Gasteiger partial charge is 0.261 e. The molecule has 0 saturated heterocycles.